The van der Waals surface area contributed by atoms with E-state index >= 15 is 0 Å². The molecule has 0 spiro atoms. The van der Waals surface area contributed by atoms with Crippen molar-refractivity contribution >= 4 is 28.9 Å². The molecule has 0 aliphatic heterocycles. The van der Waals surface area contributed by atoms with Gasteiger partial charge in [-0.3, -0.25) is 4.79 Å². The van der Waals surface area contributed by atoms with Crippen LogP contribution in [0.5, 0.6) is 0 Å². The fourth-order valence-electron chi connectivity index (χ4n) is 1.63. The van der Waals surface area contributed by atoms with Crippen LogP contribution in [0.1, 0.15) is 11.3 Å². The second-order valence-electron chi connectivity index (χ2n) is 4.53. The van der Waals surface area contributed by atoms with E-state index in [1.807, 2.05) is 31.2 Å². The first kappa shape index (κ1) is 15.1. The number of benzene rings is 1. The summed E-state index contributed by atoms with van der Waals surface area (Å²) in [5, 5.41) is 9.01. The number of hydrogen-bond acceptors (Lipinski definition) is 3. The molecule has 6 heteroatoms. The zero-order valence-corrected chi connectivity index (χ0v) is 12.5. The molecule has 0 saturated carbocycles. The van der Waals surface area contributed by atoms with Gasteiger partial charge in [-0.1, -0.05) is 17.7 Å². The lowest BCUT2D eigenvalue weighted by Gasteiger charge is -2.10. The molecule has 0 atom stereocenters. The summed E-state index contributed by atoms with van der Waals surface area (Å²) >= 11 is 5.13. The summed E-state index contributed by atoms with van der Waals surface area (Å²) in [6.45, 7) is 2.49. The third-order valence-corrected chi connectivity index (χ3v) is 3.01. The Hall–Kier alpha value is -2.34. The lowest BCUT2D eigenvalue weighted by Crippen LogP contribution is -2.38. The van der Waals surface area contributed by atoms with E-state index < -0.39 is 0 Å². The van der Waals surface area contributed by atoms with Gasteiger partial charge in [-0.2, -0.15) is 0 Å². The van der Waals surface area contributed by atoms with Crippen molar-refractivity contribution in [2.75, 3.05) is 11.9 Å². The van der Waals surface area contributed by atoms with E-state index in [0.29, 0.717) is 17.4 Å². The monoisotopic (exact) mass is 303 g/mol. The highest BCUT2D eigenvalue weighted by atomic mass is 32.1. The van der Waals surface area contributed by atoms with Crippen LogP contribution < -0.4 is 16.0 Å². The third kappa shape index (κ3) is 5.27. The molecule has 1 aromatic carbocycles. The summed E-state index contributed by atoms with van der Waals surface area (Å²) < 4.78 is 5.12. The summed E-state index contributed by atoms with van der Waals surface area (Å²) in [5.74, 6) is 0.558. The predicted octanol–water partition coefficient (Wildman–Crippen LogP) is 2.19. The number of hydrogen-bond donors (Lipinski definition) is 3. The second kappa shape index (κ2) is 7.44. The van der Waals surface area contributed by atoms with Crippen molar-refractivity contribution in [2.24, 2.45) is 0 Å². The topological polar surface area (TPSA) is 66.3 Å². The standard InChI is InChI=1S/C15H17N3O2S/c1-11-4-6-12(7-5-11)18-15(21)17-10-14(19)16-9-13-3-2-8-20-13/h2-8H,9-10H2,1H3,(H,16,19)(H2,17,18,21). The Morgan fingerprint density at radius 3 is 2.62 bits per heavy atom. The summed E-state index contributed by atoms with van der Waals surface area (Å²) in [6.07, 6.45) is 1.57. The van der Waals surface area contributed by atoms with Crippen molar-refractivity contribution in [2.45, 2.75) is 13.5 Å². The van der Waals surface area contributed by atoms with Gasteiger partial charge in [0.25, 0.3) is 0 Å². The van der Waals surface area contributed by atoms with Gasteiger partial charge in [-0.25, -0.2) is 0 Å². The van der Waals surface area contributed by atoms with Crippen LogP contribution in [-0.4, -0.2) is 17.6 Å². The average molecular weight is 303 g/mol. The molecule has 3 N–H and O–H groups in total. The van der Waals surface area contributed by atoms with Gasteiger partial charge in [-0.15, -0.1) is 0 Å². The molecule has 1 heterocycles. The highest BCUT2D eigenvalue weighted by Crippen LogP contribution is 2.08. The number of rotatable bonds is 5. The van der Waals surface area contributed by atoms with Crippen molar-refractivity contribution in [3.8, 4) is 0 Å². The maximum atomic E-state index is 11.6. The largest absolute Gasteiger partial charge is 0.467 e. The first-order valence-corrected chi connectivity index (χ1v) is 6.95. The van der Waals surface area contributed by atoms with E-state index in [4.69, 9.17) is 16.6 Å². The van der Waals surface area contributed by atoms with Crippen molar-refractivity contribution in [3.05, 3.63) is 54.0 Å². The number of aryl methyl sites for hydroxylation is 1. The van der Waals surface area contributed by atoms with Gasteiger partial charge in [0, 0.05) is 5.69 Å². The molecule has 110 valence electrons. The minimum atomic E-state index is -0.153. The quantitative estimate of drug-likeness (QED) is 0.739. The number of carbonyl (C=O) groups excluding carboxylic acids is 1. The minimum Gasteiger partial charge on any atom is -0.467 e. The zero-order chi connectivity index (χ0) is 15.1. The Bertz CT molecular complexity index is 594. The molecule has 1 amide bonds. The number of nitrogens with one attached hydrogen (secondary N) is 3. The van der Waals surface area contributed by atoms with Crippen molar-refractivity contribution in [1.82, 2.24) is 10.6 Å². The maximum Gasteiger partial charge on any atom is 0.239 e. The molecule has 0 aliphatic carbocycles. The van der Waals surface area contributed by atoms with Crippen molar-refractivity contribution in [3.63, 3.8) is 0 Å². The lowest BCUT2D eigenvalue weighted by molar-refractivity contribution is -0.120. The van der Waals surface area contributed by atoms with Crippen LogP contribution in [0.4, 0.5) is 5.69 Å². The number of carbonyl (C=O) groups is 1. The van der Waals surface area contributed by atoms with Crippen molar-refractivity contribution in [1.29, 1.82) is 0 Å². The molecular weight excluding hydrogens is 286 g/mol. The van der Waals surface area contributed by atoms with E-state index in [1.54, 1.807) is 18.4 Å². The minimum absolute atomic E-state index is 0.110. The van der Waals surface area contributed by atoms with Gasteiger partial charge in [0.1, 0.15) is 5.76 Å². The highest BCUT2D eigenvalue weighted by Gasteiger charge is 2.04. The van der Waals surface area contributed by atoms with Crippen LogP contribution in [0, 0.1) is 6.92 Å². The van der Waals surface area contributed by atoms with Gasteiger partial charge >= 0.3 is 0 Å². The van der Waals surface area contributed by atoms with E-state index in [9.17, 15) is 4.79 Å². The Balaban J connectivity index is 1.68. The highest BCUT2D eigenvalue weighted by molar-refractivity contribution is 7.80. The third-order valence-electron chi connectivity index (χ3n) is 2.76. The molecule has 0 unspecified atom stereocenters. The zero-order valence-electron chi connectivity index (χ0n) is 11.7. The number of anilines is 1. The summed E-state index contributed by atoms with van der Waals surface area (Å²) in [5.41, 5.74) is 2.06. The van der Waals surface area contributed by atoms with Gasteiger partial charge in [0.15, 0.2) is 5.11 Å². The Morgan fingerprint density at radius 1 is 1.19 bits per heavy atom. The first-order valence-electron chi connectivity index (χ1n) is 6.54. The van der Waals surface area contributed by atoms with Gasteiger partial charge in [0.2, 0.25) is 5.91 Å². The smallest absolute Gasteiger partial charge is 0.239 e. The van der Waals surface area contributed by atoms with Crippen LogP contribution in [-0.2, 0) is 11.3 Å². The number of furan rings is 1. The van der Waals surface area contributed by atoms with E-state index in [1.165, 1.54) is 5.56 Å². The van der Waals surface area contributed by atoms with Crippen LogP contribution in [0.3, 0.4) is 0 Å². The van der Waals surface area contributed by atoms with Crippen LogP contribution in [0.25, 0.3) is 0 Å². The van der Waals surface area contributed by atoms with Crippen LogP contribution in [0.2, 0.25) is 0 Å². The Labute approximate surface area is 128 Å². The van der Waals surface area contributed by atoms with Crippen LogP contribution in [0.15, 0.2) is 47.1 Å². The van der Waals surface area contributed by atoms with E-state index in [2.05, 4.69) is 16.0 Å². The lowest BCUT2D eigenvalue weighted by atomic mass is 10.2. The second-order valence-corrected chi connectivity index (χ2v) is 4.94. The molecule has 2 rings (SSSR count). The van der Waals surface area contributed by atoms with Gasteiger partial charge < -0.3 is 20.4 Å². The fraction of sp³-hybridized carbons (Fsp3) is 0.200. The molecule has 0 bridgehead atoms. The number of thiocarbonyl (C=S) groups is 1. The first-order chi connectivity index (χ1) is 10.1. The molecule has 5 nitrogen and oxygen atoms in total. The molecule has 0 radical (unpaired) electrons. The van der Waals surface area contributed by atoms with Crippen molar-refractivity contribution < 1.29 is 9.21 Å². The molecule has 0 saturated heterocycles. The molecule has 21 heavy (non-hydrogen) atoms. The Kier molecular flexibility index (Phi) is 5.34. The van der Waals surface area contributed by atoms with Gasteiger partial charge in [-0.05, 0) is 43.4 Å². The fourth-order valence-corrected chi connectivity index (χ4v) is 1.82. The summed E-state index contributed by atoms with van der Waals surface area (Å²) in [7, 11) is 0. The molecule has 0 fully saturated rings. The predicted molar refractivity (Wildman–Crippen MR) is 86.0 cm³/mol. The normalized spacial score (nSPS) is 9.95. The Morgan fingerprint density at radius 2 is 1.95 bits per heavy atom. The van der Waals surface area contributed by atoms with Crippen LogP contribution >= 0.6 is 12.2 Å². The number of amides is 1. The van der Waals surface area contributed by atoms with E-state index in [-0.39, 0.29) is 12.5 Å². The summed E-state index contributed by atoms with van der Waals surface area (Å²) in [4.78, 5) is 11.6. The van der Waals surface area contributed by atoms with E-state index in [0.717, 1.165) is 5.69 Å². The SMILES string of the molecule is Cc1ccc(NC(=S)NCC(=O)NCc2ccco2)cc1. The summed E-state index contributed by atoms with van der Waals surface area (Å²) in [6, 6.07) is 11.4. The molecule has 2 aromatic rings. The molecule has 1 aromatic heterocycles. The molecular formula is C15H17N3O2S. The van der Waals surface area contributed by atoms with Gasteiger partial charge in [0.05, 0.1) is 19.4 Å². The maximum absolute atomic E-state index is 11.6. The average Bonchev–Trinajstić information content (AvgIpc) is 2.99. The molecule has 0 aliphatic rings.